The van der Waals surface area contributed by atoms with Crippen molar-refractivity contribution in [3.8, 4) is 0 Å². The van der Waals surface area contributed by atoms with Gasteiger partial charge in [0.05, 0.1) is 30.1 Å². The van der Waals surface area contributed by atoms with E-state index in [1.807, 2.05) is 69.2 Å². The second-order valence-corrected chi connectivity index (χ2v) is 11.7. The molecule has 0 spiro atoms. The van der Waals surface area contributed by atoms with E-state index in [9.17, 15) is 9.59 Å². The lowest BCUT2D eigenvalue weighted by Gasteiger charge is -2.32. The molecule has 2 aromatic rings. The van der Waals surface area contributed by atoms with Crippen LogP contribution in [0.15, 0.2) is 12.4 Å². The van der Waals surface area contributed by atoms with Crippen LogP contribution < -0.4 is 0 Å². The molecule has 0 saturated heterocycles. The van der Waals surface area contributed by atoms with Gasteiger partial charge >= 0.3 is 0 Å². The summed E-state index contributed by atoms with van der Waals surface area (Å²) in [6.07, 6.45) is 4.06. The molecule has 2 rings (SSSR count). The van der Waals surface area contributed by atoms with Crippen LogP contribution in [0.1, 0.15) is 96.6 Å². The number of Topliss-reactive ketones (excluding diaryl/α,β-unsaturated/α-hetero) is 2. The third kappa shape index (κ3) is 6.54. The molecule has 2 aromatic heterocycles. The van der Waals surface area contributed by atoms with Gasteiger partial charge < -0.3 is 4.74 Å². The summed E-state index contributed by atoms with van der Waals surface area (Å²) < 4.78 is 9.58. The van der Waals surface area contributed by atoms with Gasteiger partial charge in [0.25, 0.3) is 0 Å². The van der Waals surface area contributed by atoms with Gasteiger partial charge in [-0.05, 0) is 34.1 Å². The zero-order chi connectivity index (χ0) is 24.5. The SMILES string of the molecule is CC(C)(CCn1cc(C(=O)C(C)(C)C)nn1)OCC(C)(C)n1cc(C(=O)C(C)(C)C)nn1. The predicted octanol–water partition coefficient (Wildman–Crippen LogP) is 3.95. The summed E-state index contributed by atoms with van der Waals surface area (Å²) in [5.41, 5.74) is -1.20. The van der Waals surface area contributed by atoms with Gasteiger partial charge in [-0.1, -0.05) is 52.0 Å². The number of hydrogen-bond acceptors (Lipinski definition) is 7. The third-order valence-corrected chi connectivity index (χ3v) is 5.24. The van der Waals surface area contributed by atoms with E-state index >= 15 is 0 Å². The Hall–Kier alpha value is -2.42. The van der Waals surface area contributed by atoms with Crippen molar-refractivity contribution in [3.05, 3.63) is 23.8 Å². The first kappa shape index (κ1) is 25.8. The zero-order valence-corrected chi connectivity index (χ0v) is 21.2. The summed E-state index contributed by atoms with van der Waals surface area (Å²) in [5.74, 6) is -0.0731. The van der Waals surface area contributed by atoms with E-state index in [-0.39, 0.29) is 11.6 Å². The predicted molar refractivity (Wildman–Crippen MR) is 122 cm³/mol. The van der Waals surface area contributed by atoms with Crippen molar-refractivity contribution >= 4 is 11.6 Å². The molecule has 0 unspecified atom stereocenters. The standard InChI is InChI=1S/C23H38N6O3/c1-20(2,3)18(30)16-13-28(26-24-16)12-11-23(9,10)32-15-22(7,8)29-14-17(25-27-29)19(31)21(4,5)6/h13-14H,11-12,15H2,1-10H3. The number of aryl methyl sites for hydroxylation is 1. The fraction of sp³-hybridized carbons (Fsp3) is 0.739. The number of carbonyl (C=O) groups is 2. The maximum atomic E-state index is 12.5. The largest absolute Gasteiger partial charge is 0.373 e. The van der Waals surface area contributed by atoms with E-state index < -0.39 is 22.0 Å². The minimum Gasteiger partial charge on any atom is -0.373 e. The second kappa shape index (κ2) is 8.84. The van der Waals surface area contributed by atoms with E-state index in [1.54, 1.807) is 21.8 Å². The van der Waals surface area contributed by atoms with Crippen molar-refractivity contribution in [2.45, 2.75) is 93.3 Å². The molecule has 0 atom stereocenters. The normalized spacial score (nSPS) is 13.4. The number of rotatable bonds is 9. The molecule has 178 valence electrons. The topological polar surface area (TPSA) is 105 Å². The molecule has 0 aliphatic carbocycles. The Kier molecular flexibility index (Phi) is 7.14. The van der Waals surface area contributed by atoms with Crippen LogP contribution >= 0.6 is 0 Å². The Morgan fingerprint density at radius 2 is 1.31 bits per heavy atom. The van der Waals surface area contributed by atoms with Gasteiger partial charge in [-0.25, -0.2) is 4.68 Å². The Bertz CT molecular complexity index is 957. The van der Waals surface area contributed by atoms with Crippen molar-refractivity contribution in [2.75, 3.05) is 6.61 Å². The Labute approximate surface area is 190 Å². The first-order valence-electron chi connectivity index (χ1n) is 11.0. The lowest BCUT2D eigenvalue weighted by atomic mass is 9.89. The number of carbonyl (C=O) groups excluding carboxylic acids is 2. The number of ketones is 2. The summed E-state index contributed by atoms with van der Waals surface area (Å²) in [7, 11) is 0. The average Bonchev–Trinajstić information content (AvgIpc) is 3.32. The van der Waals surface area contributed by atoms with Gasteiger partial charge in [-0.3, -0.25) is 14.3 Å². The van der Waals surface area contributed by atoms with E-state index in [0.717, 1.165) is 0 Å². The van der Waals surface area contributed by atoms with Crippen LogP contribution in [0.5, 0.6) is 0 Å². The molecule has 32 heavy (non-hydrogen) atoms. The number of nitrogens with zero attached hydrogens (tertiary/aromatic N) is 6. The van der Waals surface area contributed by atoms with Crippen molar-refractivity contribution in [2.24, 2.45) is 10.8 Å². The monoisotopic (exact) mass is 446 g/mol. The van der Waals surface area contributed by atoms with Crippen molar-refractivity contribution in [1.82, 2.24) is 30.0 Å². The number of hydrogen-bond donors (Lipinski definition) is 0. The lowest BCUT2D eigenvalue weighted by molar-refractivity contribution is -0.0607. The summed E-state index contributed by atoms with van der Waals surface area (Å²) in [6, 6.07) is 0. The van der Waals surface area contributed by atoms with Gasteiger partial charge in [0, 0.05) is 17.4 Å². The minimum absolute atomic E-state index is 0.0295. The number of aromatic nitrogens is 6. The molecule has 0 saturated carbocycles. The van der Waals surface area contributed by atoms with Crippen LogP contribution in [0, 0.1) is 10.8 Å². The molecular weight excluding hydrogens is 408 g/mol. The van der Waals surface area contributed by atoms with Crippen LogP contribution in [0.4, 0.5) is 0 Å². The fourth-order valence-corrected chi connectivity index (χ4v) is 2.84. The van der Waals surface area contributed by atoms with E-state index in [4.69, 9.17) is 4.74 Å². The Balaban J connectivity index is 1.96. The van der Waals surface area contributed by atoms with Gasteiger partial charge in [0.2, 0.25) is 0 Å². The summed E-state index contributed by atoms with van der Waals surface area (Å²) in [4.78, 5) is 24.8. The van der Waals surface area contributed by atoms with Gasteiger partial charge in [0.1, 0.15) is 11.4 Å². The fourth-order valence-electron chi connectivity index (χ4n) is 2.84. The first-order chi connectivity index (χ1) is 14.4. The highest BCUT2D eigenvalue weighted by Gasteiger charge is 2.31. The molecule has 0 amide bonds. The first-order valence-corrected chi connectivity index (χ1v) is 11.0. The summed E-state index contributed by atoms with van der Waals surface area (Å²) >= 11 is 0. The highest BCUT2D eigenvalue weighted by Crippen LogP contribution is 2.24. The molecule has 0 aromatic carbocycles. The summed E-state index contributed by atoms with van der Waals surface area (Å²) in [6.45, 7) is 20.2. The van der Waals surface area contributed by atoms with Gasteiger partial charge in [-0.15, -0.1) is 10.2 Å². The molecule has 0 fully saturated rings. The van der Waals surface area contributed by atoms with E-state index in [2.05, 4.69) is 20.6 Å². The maximum absolute atomic E-state index is 12.5. The molecule has 0 aliphatic rings. The highest BCUT2D eigenvalue weighted by molar-refractivity contribution is 5.98. The minimum atomic E-state index is -0.512. The third-order valence-electron chi connectivity index (χ3n) is 5.24. The van der Waals surface area contributed by atoms with E-state index in [1.165, 1.54) is 0 Å². The molecule has 0 aliphatic heterocycles. The average molecular weight is 447 g/mol. The Morgan fingerprint density at radius 3 is 1.84 bits per heavy atom. The van der Waals surface area contributed by atoms with Crippen LogP contribution in [-0.4, -0.2) is 53.8 Å². The van der Waals surface area contributed by atoms with Crippen LogP contribution in [0.2, 0.25) is 0 Å². The van der Waals surface area contributed by atoms with Crippen LogP contribution in [0.25, 0.3) is 0 Å². The van der Waals surface area contributed by atoms with Crippen LogP contribution in [-0.2, 0) is 16.8 Å². The molecule has 0 bridgehead atoms. The lowest BCUT2D eigenvalue weighted by Crippen LogP contribution is -2.38. The molecular formula is C23H38N6O3. The number of ether oxygens (including phenoxy) is 1. The molecule has 0 radical (unpaired) electrons. The maximum Gasteiger partial charge on any atom is 0.190 e. The Morgan fingerprint density at radius 1 is 0.812 bits per heavy atom. The van der Waals surface area contributed by atoms with Crippen LogP contribution in [0.3, 0.4) is 0 Å². The molecule has 0 N–H and O–H groups in total. The smallest absolute Gasteiger partial charge is 0.190 e. The van der Waals surface area contributed by atoms with Crippen molar-refractivity contribution in [1.29, 1.82) is 0 Å². The molecule has 9 heteroatoms. The zero-order valence-electron chi connectivity index (χ0n) is 21.2. The molecule has 2 heterocycles. The van der Waals surface area contributed by atoms with E-state index in [0.29, 0.717) is 31.0 Å². The van der Waals surface area contributed by atoms with Gasteiger partial charge in [-0.2, -0.15) is 0 Å². The molecule has 9 nitrogen and oxygen atoms in total. The highest BCUT2D eigenvalue weighted by atomic mass is 16.5. The second-order valence-electron chi connectivity index (χ2n) is 11.7. The van der Waals surface area contributed by atoms with Crippen molar-refractivity contribution in [3.63, 3.8) is 0 Å². The van der Waals surface area contributed by atoms with Crippen molar-refractivity contribution < 1.29 is 14.3 Å². The quantitative estimate of drug-likeness (QED) is 0.537. The van der Waals surface area contributed by atoms with Gasteiger partial charge in [0.15, 0.2) is 11.6 Å². The summed E-state index contributed by atoms with van der Waals surface area (Å²) in [5, 5.41) is 16.3.